The quantitative estimate of drug-likeness (QED) is 0.882. The standard InChI is InChI=1S/C12H14Cl2N2O.ClH/c13-9-4-8(5-10(14)6-9)12(17)16-11-2-1-3-15-7-11;/h4-6,11,15H,1-3,7H2,(H,16,17);1H/t11-;/m1./s1. The van der Waals surface area contributed by atoms with Gasteiger partial charge in [-0.05, 0) is 37.6 Å². The molecular weight excluding hydrogens is 295 g/mol. The Morgan fingerprint density at radius 3 is 2.50 bits per heavy atom. The lowest BCUT2D eigenvalue weighted by Crippen LogP contribution is -2.45. The van der Waals surface area contributed by atoms with Gasteiger partial charge in [0, 0.05) is 28.2 Å². The number of nitrogens with one attached hydrogen (secondary N) is 2. The number of piperidine rings is 1. The van der Waals surface area contributed by atoms with E-state index in [1.165, 1.54) is 0 Å². The van der Waals surface area contributed by atoms with Gasteiger partial charge < -0.3 is 10.6 Å². The largest absolute Gasteiger partial charge is 0.348 e. The Labute approximate surface area is 123 Å². The van der Waals surface area contributed by atoms with Crippen molar-refractivity contribution in [3.63, 3.8) is 0 Å². The van der Waals surface area contributed by atoms with Crippen LogP contribution in [0.3, 0.4) is 0 Å². The van der Waals surface area contributed by atoms with Crippen molar-refractivity contribution in [2.24, 2.45) is 0 Å². The lowest BCUT2D eigenvalue weighted by Gasteiger charge is -2.23. The van der Waals surface area contributed by atoms with Crippen LogP contribution >= 0.6 is 35.6 Å². The van der Waals surface area contributed by atoms with Crippen molar-refractivity contribution in [1.29, 1.82) is 0 Å². The smallest absolute Gasteiger partial charge is 0.251 e. The molecule has 0 bridgehead atoms. The van der Waals surface area contributed by atoms with E-state index in [1.807, 2.05) is 0 Å². The average molecular weight is 310 g/mol. The summed E-state index contributed by atoms with van der Waals surface area (Å²) in [4.78, 5) is 12.0. The fourth-order valence-electron chi connectivity index (χ4n) is 1.93. The molecule has 0 aromatic heterocycles. The molecular formula is C12H15Cl3N2O. The third-order valence-corrected chi connectivity index (χ3v) is 3.19. The third-order valence-electron chi connectivity index (χ3n) is 2.76. The summed E-state index contributed by atoms with van der Waals surface area (Å²) in [5.74, 6) is -0.122. The molecule has 1 atom stereocenters. The molecule has 0 aliphatic carbocycles. The SMILES string of the molecule is Cl.O=C(N[C@@H]1CCCNC1)c1cc(Cl)cc(Cl)c1. The van der Waals surface area contributed by atoms with Crippen molar-refractivity contribution in [2.45, 2.75) is 18.9 Å². The fourth-order valence-corrected chi connectivity index (χ4v) is 2.45. The van der Waals surface area contributed by atoms with Crippen LogP contribution in [0, 0.1) is 0 Å². The second-order valence-electron chi connectivity index (χ2n) is 4.17. The molecule has 2 N–H and O–H groups in total. The number of carbonyl (C=O) groups excluding carboxylic acids is 1. The molecule has 1 fully saturated rings. The Hall–Kier alpha value is -0.480. The highest BCUT2D eigenvalue weighted by molar-refractivity contribution is 6.35. The maximum absolute atomic E-state index is 12.0. The van der Waals surface area contributed by atoms with E-state index in [0.717, 1.165) is 25.9 Å². The predicted molar refractivity (Wildman–Crippen MR) is 77.1 cm³/mol. The molecule has 0 radical (unpaired) electrons. The maximum atomic E-state index is 12.0. The number of rotatable bonds is 2. The summed E-state index contributed by atoms with van der Waals surface area (Å²) in [6, 6.07) is 5.05. The van der Waals surface area contributed by atoms with Gasteiger partial charge in [-0.1, -0.05) is 23.2 Å². The minimum atomic E-state index is -0.122. The monoisotopic (exact) mass is 308 g/mol. The molecule has 1 amide bonds. The Bertz CT molecular complexity index is 400. The van der Waals surface area contributed by atoms with Crippen molar-refractivity contribution >= 4 is 41.5 Å². The van der Waals surface area contributed by atoms with E-state index in [-0.39, 0.29) is 24.4 Å². The van der Waals surface area contributed by atoms with Crippen LogP contribution in [0.4, 0.5) is 0 Å². The van der Waals surface area contributed by atoms with E-state index in [0.29, 0.717) is 15.6 Å². The normalized spacial score (nSPS) is 18.9. The molecule has 0 saturated carbocycles. The van der Waals surface area contributed by atoms with Gasteiger partial charge in [0.15, 0.2) is 0 Å². The van der Waals surface area contributed by atoms with Crippen LogP contribution in [-0.2, 0) is 0 Å². The molecule has 1 aliphatic rings. The average Bonchev–Trinajstić information content (AvgIpc) is 2.29. The van der Waals surface area contributed by atoms with Crippen molar-refractivity contribution in [1.82, 2.24) is 10.6 Å². The number of hydrogen-bond acceptors (Lipinski definition) is 2. The topological polar surface area (TPSA) is 41.1 Å². The van der Waals surface area contributed by atoms with Crippen molar-refractivity contribution in [2.75, 3.05) is 13.1 Å². The zero-order valence-corrected chi connectivity index (χ0v) is 12.0. The van der Waals surface area contributed by atoms with Gasteiger partial charge >= 0.3 is 0 Å². The maximum Gasteiger partial charge on any atom is 0.251 e. The molecule has 0 unspecified atom stereocenters. The van der Waals surface area contributed by atoms with Crippen LogP contribution in [0.5, 0.6) is 0 Å². The summed E-state index contributed by atoms with van der Waals surface area (Å²) in [6.45, 7) is 1.84. The summed E-state index contributed by atoms with van der Waals surface area (Å²) in [6.07, 6.45) is 2.09. The molecule has 0 spiro atoms. The van der Waals surface area contributed by atoms with Crippen LogP contribution in [0.25, 0.3) is 0 Å². The molecule has 2 rings (SSSR count). The van der Waals surface area contributed by atoms with E-state index in [9.17, 15) is 4.79 Å². The Kier molecular flexibility index (Phi) is 6.22. The lowest BCUT2D eigenvalue weighted by molar-refractivity contribution is 0.0930. The Morgan fingerprint density at radius 1 is 1.28 bits per heavy atom. The summed E-state index contributed by atoms with van der Waals surface area (Å²) in [5.41, 5.74) is 0.507. The van der Waals surface area contributed by atoms with E-state index >= 15 is 0 Å². The number of benzene rings is 1. The van der Waals surface area contributed by atoms with Gasteiger partial charge in [-0.3, -0.25) is 4.79 Å². The molecule has 1 aromatic rings. The van der Waals surface area contributed by atoms with Gasteiger partial charge in [-0.25, -0.2) is 0 Å². The zero-order valence-electron chi connectivity index (χ0n) is 9.71. The highest BCUT2D eigenvalue weighted by Gasteiger charge is 2.16. The van der Waals surface area contributed by atoms with Crippen molar-refractivity contribution < 1.29 is 4.79 Å². The first-order valence-electron chi connectivity index (χ1n) is 5.63. The zero-order chi connectivity index (χ0) is 12.3. The highest BCUT2D eigenvalue weighted by Crippen LogP contribution is 2.19. The van der Waals surface area contributed by atoms with Crippen LogP contribution < -0.4 is 10.6 Å². The lowest BCUT2D eigenvalue weighted by atomic mass is 10.1. The van der Waals surface area contributed by atoms with Crippen LogP contribution in [0.15, 0.2) is 18.2 Å². The first-order chi connectivity index (χ1) is 8.15. The van der Waals surface area contributed by atoms with Crippen molar-refractivity contribution in [3.8, 4) is 0 Å². The number of carbonyl (C=O) groups is 1. The first kappa shape index (κ1) is 15.6. The highest BCUT2D eigenvalue weighted by atomic mass is 35.5. The molecule has 1 heterocycles. The van der Waals surface area contributed by atoms with Gasteiger partial charge in [0.2, 0.25) is 0 Å². The van der Waals surface area contributed by atoms with Gasteiger partial charge in [0.25, 0.3) is 5.91 Å². The summed E-state index contributed by atoms with van der Waals surface area (Å²) in [7, 11) is 0. The minimum absolute atomic E-state index is 0. The van der Waals surface area contributed by atoms with Gasteiger partial charge in [0.05, 0.1) is 0 Å². The molecule has 1 aromatic carbocycles. The number of hydrogen-bond donors (Lipinski definition) is 2. The first-order valence-corrected chi connectivity index (χ1v) is 6.38. The third kappa shape index (κ3) is 4.32. The van der Waals surface area contributed by atoms with E-state index in [2.05, 4.69) is 10.6 Å². The molecule has 100 valence electrons. The molecule has 1 saturated heterocycles. The van der Waals surface area contributed by atoms with Crippen LogP contribution in [-0.4, -0.2) is 25.0 Å². The minimum Gasteiger partial charge on any atom is -0.348 e. The van der Waals surface area contributed by atoms with E-state index in [4.69, 9.17) is 23.2 Å². The van der Waals surface area contributed by atoms with E-state index in [1.54, 1.807) is 18.2 Å². The molecule has 6 heteroatoms. The molecule has 3 nitrogen and oxygen atoms in total. The van der Waals surface area contributed by atoms with Crippen molar-refractivity contribution in [3.05, 3.63) is 33.8 Å². The second kappa shape index (κ2) is 7.19. The second-order valence-corrected chi connectivity index (χ2v) is 5.05. The van der Waals surface area contributed by atoms with Gasteiger partial charge in [0.1, 0.15) is 0 Å². The van der Waals surface area contributed by atoms with Gasteiger partial charge in [-0.15, -0.1) is 12.4 Å². The molecule has 1 aliphatic heterocycles. The van der Waals surface area contributed by atoms with Crippen LogP contribution in [0.2, 0.25) is 10.0 Å². The fraction of sp³-hybridized carbons (Fsp3) is 0.417. The summed E-state index contributed by atoms with van der Waals surface area (Å²) < 4.78 is 0. The predicted octanol–water partition coefficient (Wildman–Crippen LogP) is 2.90. The Balaban J connectivity index is 0.00000162. The van der Waals surface area contributed by atoms with Crippen LogP contribution in [0.1, 0.15) is 23.2 Å². The van der Waals surface area contributed by atoms with Gasteiger partial charge in [-0.2, -0.15) is 0 Å². The number of amides is 1. The summed E-state index contributed by atoms with van der Waals surface area (Å²) in [5, 5.41) is 7.17. The Morgan fingerprint density at radius 2 is 1.94 bits per heavy atom. The molecule has 18 heavy (non-hydrogen) atoms. The van der Waals surface area contributed by atoms with E-state index < -0.39 is 0 Å². The number of halogens is 3. The summed E-state index contributed by atoms with van der Waals surface area (Å²) >= 11 is 11.7.